The van der Waals surface area contributed by atoms with Crippen LogP contribution < -0.4 is 0 Å². The Balaban J connectivity index is 1.99. The van der Waals surface area contributed by atoms with E-state index < -0.39 is 0 Å². The molecule has 0 bridgehead atoms. The average Bonchev–Trinajstić information content (AvgIpc) is 2.54. The van der Waals surface area contributed by atoms with Gasteiger partial charge >= 0.3 is 0 Å². The predicted octanol–water partition coefficient (Wildman–Crippen LogP) is 4.55. The van der Waals surface area contributed by atoms with Crippen molar-refractivity contribution in [1.29, 1.82) is 0 Å². The maximum atomic E-state index is 12.5. The molecule has 1 aromatic rings. The molecule has 0 amide bonds. The third-order valence-corrected chi connectivity index (χ3v) is 5.61. The van der Waals surface area contributed by atoms with Gasteiger partial charge in [0, 0.05) is 30.9 Å². The fraction of sp³-hybridized carbons (Fsp3) is 0.550. The number of allylic oxidation sites excluding steroid dienone is 2. The zero-order valence-electron chi connectivity index (χ0n) is 14.8. The lowest BCUT2D eigenvalue weighted by Crippen LogP contribution is -2.28. The quantitative estimate of drug-likeness (QED) is 0.371. The van der Waals surface area contributed by atoms with Crippen LogP contribution >= 0.6 is 11.6 Å². The first-order valence-electron chi connectivity index (χ1n) is 9.10. The van der Waals surface area contributed by atoms with Gasteiger partial charge in [-0.05, 0) is 55.7 Å². The minimum atomic E-state index is -0.270. The zero-order chi connectivity index (χ0) is 18.1. The maximum Gasteiger partial charge on any atom is 0.170 e. The Morgan fingerprint density at radius 2 is 1.76 bits per heavy atom. The van der Waals surface area contributed by atoms with E-state index in [1.807, 2.05) is 13.8 Å². The number of fused-ring (bicyclic) bond motifs is 1. The molecule has 5 heteroatoms. The average molecular weight is 362 g/mol. The summed E-state index contributed by atoms with van der Waals surface area (Å²) in [5.41, 5.74) is 4.28. The molecule has 0 aromatic carbocycles. The van der Waals surface area contributed by atoms with Gasteiger partial charge in [-0.3, -0.25) is 9.59 Å². The summed E-state index contributed by atoms with van der Waals surface area (Å²) < 4.78 is 0. The van der Waals surface area contributed by atoms with Gasteiger partial charge in [0.1, 0.15) is 10.9 Å². The van der Waals surface area contributed by atoms with Crippen molar-refractivity contribution in [1.82, 2.24) is 4.98 Å². The monoisotopic (exact) mass is 361 g/mol. The van der Waals surface area contributed by atoms with Crippen molar-refractivity contribution in [2.45, 2.75) is 71.1 Å². The minimum absolute atomic E-state index is 0.00293. The Hall–Kier alpha value is -1.68. The highest BCUT2D eigenvalue weighted by atomic mass is 35.5. The van der Waals surface area contributed by atoms with Gasteiger partial charge in [-0.15, -0.1) is 0 Å². The second kappa shape index (κ2) is 7.28. The first-order valence-corrected chi connectivity index (χ1v) is 9.48. The largest absolute Gasteiger partial charge is 0.511 e. The molecule has 2 aliphatic rings. The second-order valence-electron chi connectivity index (χ2n) is 7.09. The fourth-order valence-corrected chi connectivity index (χ4v) is 4.58. The molecule has 1 N–H and O–H groups in total. The molecule has 0 saturated heterocycles. The summed E-state index contributed by atoms with van der Waals surface area (Å²) in [6, 6.07) is 0. The highest BCUT2D eigenvalue weighted by molar-refractivity contribution is 6.30. The van der Waals surface area contributed by atoms with Gasteiger partial charge in [0.05, 0.1) is 5.57 Å². The van der Waals surface area contributed by atoms with Crippen LogP contribution in [-0.4, -0.2) is 21.7 Å². The number of hydrogen-bond donors (Lipinski definition) is 1. The number of carbonyl (C=O) groups excluding carboxylic acids is 2. The van der Waals surface area contributed by atoms with E-state index in [-0.39, 0.29) is 41.7 Å². The first kappa shape index (κ1) is 18.1. The summed E-state index contributed by atoms with van der Waals surface area (Å²) in [6.07, 6.45) is 5.62. The summed E-state index contributed by atoms with van der Waals surface area (Å²) in [6.45, 7) is 3.88. The van der Waals surface area contributed by atoms with E-state index in [1.165, 1.54) is 11.1 Å². The molecule has 1 aromatic heterocycles. The number of aliphatic hydroxyl groups excluding tert-OH is 1. The molecule has 0 unspecified atom stereocenters. The number of pyridine rings is 1. The number of rotatable bonds is 3. The van der Waals surface area contributed by atoms with Crippen molar-refractivity contribution in [2.24, 2.45) is 0 Å². The molecule has 1 saturated carbocycles. The van der Waals surface area contributed by atoms with E-state index in [0.717, 1.165) is 36.9 Å². The molecule has 2 aliphatic carbocycles. The summed E-state index contributed by atoms with van der Waals surface area (Å²) in [5.74, 6) is -0.835. The van der Waals surface area contributed by atoms with E-state index in [1.54, 1.807) is 0 Å². The SMILES string of the molecule is CCCC(O)=C1C(=O)CC(c2c(Cl)nc(C)c3c2CCCC3)CC1=O. The highest BCUT2D eigenvalue weighted by Crippen LogP contribution is 2.41. The van der Waals surface area contributed by atoms with E-state index in [4.69, 9.17) is 11.6 Å². The molecule has 0 atom stereocenters. The van der Waals surface area contributed by atoms with Crippen LogP contribution in [0.5, 0.6) is 0 Å². The number of aromatic nitrogens is 1. The van der Waals surface area contributed by atoms with Crippen molar-refractivity contribution in [3.05, 3.63) is 38.9 Å². The number of ketones is 2. The summed E-state index contributed by atoms with van der Waals surface area (Å²) >= 11 is 6.45. The number of aliphatic hydroxyl groups is 1. The van der Waals surface area contributed by atoms with Crippen molar-refractivity contribution in [2.75, 3.05) is 0 Å². The molecule has 1 heterocycles. The van der Waals surface area contributed by atoms with Gasteiger partial charge in [-0.1, -0.05) is 18.5 Å². The number of nitrogens with zero attached hydrogens (tertiary/aromatic N) is 1. The highest BCUT2D eigenvalue weighted by Gasteiger charge is 2.36. The smallest absolute Gasteiger partial charge is 0.170 e. The maximum absolute atomic E-state index is 12.5. The van der Waals surface area contributed by atoms with Gasteiger partial charge in [-0.25, -0.2) is 4.98 Å². The van der Waals surface area contributed by atoms with E-state index in [9.17, 15) is 14.7 Å². The first-order chi connectivity index (χ1) is 11.9. The van der Waals surface area contributed by atoms with Crippen LogP contribution in [0.1, 0.15) is 73.8 Å². The van der Waals surface area contributed by atoms with Crippen LogP contribution in [0, 0.1) is 6.92 Å². The van der Waals surface area contributed by atoms with Crippen molar-refractivity contribution < 1.29 is 14.7 Å². The van der Waals surface area contributed by atoms with Crippen LogP contribution in [-0.2, 0) is 22.4 Å². The summed E-state index contributed by atoms with van der Waals surface area (Å²) in [5, 5.41) is 10.5. The molecule has 134 valence electrons. The molecule has 25 heavy (non-hydrogen) atoms. The van der Waals surface area contributed by atoms with E-state index >= 15 is 0 Å². The Bertz CT molecular complexity index is 747. The molecule has 3 rings (SSSR count). The summed E-state index contributed by atoms with van der Waals surface area (Å²) in [7, 11) is 0. The van der Waals surface area contributed by atoms with Crippen molar-refractivity contribution in [3.8, 4) is 0 Å². The molecular formula is C20H24ClNO3. The van der Waals surface area contributed by atoms with Gasteiger partial charge in [0.2, 0.25) is 0 Å². The third-order valence-electron chi connectivity index (χ3n) is 5.32. The number of halogens is 1. The molecule has 4 nitrogen and oxygen atoms in total. The van der Waals surface area contributed by atoms with Crippen molar-refractivity contribution >= 4 is 23.2 Å². The van der Waals surface area contributed by atoms with Crippen LogP contribution in [0.4, 0.5) is 0 Å². The second-order valence-corrected chi connectivity index (χ2v) is 7.45. The summed E-state index contributed by atoms with van der Waals surface area (Å²) in [4.78, 5) is 29.6. The van der Waals surface area contributed by atoms with Gasteiger partial charge in [0.15, 0.2) is 11.6 Å². The van der Waals surface area contributed by atoms with Gasteiger partial charge in [-0.2, -0.15) is 0 Å². The topological polar surface area (TPSA) is 67.3 Å². The minimum Gasteiger partial charge on any atom is -0.511 e. The van der Waals surface area contributed by atoms with Crippen molar-refractivity contribution in [3.63, 3.8) is 0 Å². The number of Topliss-reactive ketones (excluding diaryl/α,β-unsaturated/α-hetero) is 2. The van der Waals surface area contributed by atoms with Crippen LogP contribution in [0.3, 0.4) is 0 Å². The normalized spacial score (nSPS) is 20.6. The molecular weight excluding hydrogens is 338 g/mol. The van der Waals surface area contributed by atoms with Gasteiger partial charge < -0.3 is 5.11 Å². The fourth-order valence-electron chi connectivity index (χ4n) is 4.18. The zero-order valence-corrected chi connectivity index (χ0v) is 15.6. The molecule has 1 fully saturated rings. The number of carbonyl (C=O) groups is 2. The molecule has 0 spiro atoms. The Kier molecular flexibility index (Phi) is 5.28. The standard InChI is InChI=1S/C20H24ClNO3/c1-3-6-15(23)19-16(24)9-12(10-17(19)25)18-14-8-5-4-7-13(14)11(2)22-20(18)21/h12,23H,3-10H2,1-2H3. The number of aryl methyl sites for hydroxylation is 1. The Labute approximate surface area is 153 Å². The van der Waals surface area contributed by atoms with Crippen LogP contribution in [0.2, 0.25) is 5.15 Å². The van der Waals surface area contributed by atoms with E-state index in [2.05, 4.69) is 4.98 Å². The lowest BCUT2D eigenvalue weighted by Gasteiger charge is -2.29. The lowest BCUT2D eigenvalue weighted by atomic mass is 9.75. The Morgan fingerprint density at radius 3 is 2.36 bits per heavy atom. The Morgan fingerprint density at radius 1 is 1.16 bits per heavy atom. The van der Waals surface area contributed by atoms with Crippen LogP contribution in [0.25, 0.3) is 0 Å². The molecule has 0 radical (unpaired) electrons. The molecule has 0 aliphatic heterocycles. The van der Waals surface area contributed by atoms with E-state index in [0.29, 0.717) is 18.0 Å². The van der Waals surface area contributed by atoms with Crippen LogP contribution in [0.15, 0.2) is 11.3 Å². The van der Waals surface area contributed by atoms with Gasteiger partial charge in [0.25, 0.3) is 0 Å². The number of hydrogen-bond acceptors (Lipinski definition) is 4. The third kappa shape index (κ3) is 3.37. The lowest BCUT2D eigenvalue weighted by molar-refractivity contribution is -0.124. The predicted molar refractivity (Wildman–Crippen MR) is 97.2 cm³/mol.